The number of anilines is 3. The molecule has 0 spiro atoms. The van der Waals surface area contributed by atoms with Crippen LogP contribution in [0.25, 0.3) is 0 Å². The monoisotopic (exact) mass is 422 g/mol. The molecule has 1 fully saturated rings. The maximum atomic E-state index is 12.6. The number of aromatic nitrogens is 1. The summed E-state index contributed by atoms with van der Waals surface area (Å²) in [6, 6.07) is 19.9. The van der Waals surface area contributed by atoms with Gasteiger partial charge >= 0.3 is 0 Å². The molecule has 1 aliphatic rings. The molecule has 8 heteroatoms. The Kier molecular flexibility index (Phi) is 6.36. The Bertz CT molecular complexity index is 1000. The van der Waals surface area contributed by atoms with Crippen molar-refractivity contribution in [3.63, 3.8) is 0 Å². The highest BCUT2D eigenvalue weighted by molar-refractivity contribution is 7.86. The van der Waals surface area contributed by atoms with Crippen LogP contribution in [0.1, 0.15) is 10.5 Å². The zero-order valence-electron chi connectivity index (χ0n) is 16.3. The molecule has 154 valence electrons. The number of carbonyl (C=O) groups is 1. The van der Waals surface area contributed by atoms with Crippen molar-refractivity contribution in [2.75, 3.05) is 41.2 Å². The first kappa shape index (κ1) is 20.1. The molecule has 1 saturated heterocycles. The summed E-state index contributed by atoms with van der Waals surface area (Å²) in [5.74, 6) is -0.289. The average Bonchev–Trinajstić information content (AvgIpc) is 2.81. The van der Waals surface area contributed by atoms with Gasteiger partial charge in [0, 0.05) is 36.3 Å². The van der Waals surface area contributed by atoms with Crippen LogP contribution in [-0.2, 0) is 15.7 Å². The van der Waals surface area contributed by atoms with E-state index in [1.807, 2.05) is 24.3 Å². The number of morpholine rings is 1. The molecule has 2 N–H and O–H groups in total. The van der Waals surface area contributed by atoms with E-state index in [1.54, 1.807) is 48.7 Å². The van der Waals surface area contributed by atoms with Gasteiger partial charge in [0.25, 0.3) is 5.91 Å². The van der Waals surface area contributed by atoms with Crippen molar-refractivity contribution >= 4 is 34.0 Å². The normalized spacial score (nSPS) is 14.7. The van der Waals surface area contributed by atoms with Gasteiger partial charge in [-0.3, -0.25) is 9.78 Å². The van der Waals surface area contributed by atoms with E-state index in [1.165, 1.54) is 0 Å². The van der Waals surface area contributed by atoms with Gasteiger partial charge in [0.15, 0.2) is 0 Å². The molecular weight excluding hydrogens is 400 g/mol. The van der Waals surface area contributed by atoms with E-state index in [0.717, 1.165) is 37.7 Å². The average molecular weight is 423 g/mol. The molecule has 0 aliphatic carbocycles. The summed E-state index contributed by atoms with van der Waals surface area (Å²) in [7, 11) is -1.41. The summed E-state index contributed by atoms with van der Waals surface area (Å²) in [5, 5.41) is 2.78. The summed E-state index contributed by atoms with van der Waals surface area (Å²) in [6.07, 6.45) is 1.57. The lowest BCUT2D eigenvalue weighted by Crippen LogP contribution is -2.36. The molecule has 2 aromatic carbocycles. The van der Waals surface area contributed by atoms with E-state index in [0.29, 0.717) is 16.3 Å². The Labute approximate surface area is 177 Å². The molecule has 0 bridgehead atoms. The first-order valence-corrected chi connectivity index (χ1v) is 10.8. The molecule has 2 heterocycles. The summed E-state index contributed by atoms with van der Waals surface area (Å²) in [5.41, 5.74) is 2.86. The third-order valence-electron chi connectivity index (χ3n) is 4.68. The lowest BCUT2D eigenvalue weighted by Gasteiger charge is -2.28. The topological polar surface area (TPSA) is 83.6 Å². The number of amides is 1. The summed E-state index contributed by atoms with van der Waals surface area (Å²) in [6.45, 7) is 3.23. The molecule has 0 radical (unpaired) electrons. The van der Waals surface area contributed by atoms with Crippen molar-refractivity contribution in [1.82, 2.24) is 4.98 Å². The number of pyridine rings is 1. The minimum Gasteiger partial charge on any atom is -0.378 e. The number of hydrogen-bond donors (Lipinski definition) is 2. The van der Waals surface area contributed by atoms with Crippen LogP contribution in [0.3, 0.4) is 0 Å². The van der Waals surface area contributed by atoms with Gasteiger partial charge in [0.05, 0.1) is 18.1 Å². The first-order chi connectivity index (χ1) is 14.7. The van der Waals surface area contributed by atoms with Crippen LogP contribution in [0.4, 0.5) is 17.1 Å². The summed E-state index contributed by atoms with van der Waals surface area (Å²) < 4.78 is 21.0. The van der Waals surface area contributed by atoms with E-state index in [9.17, 15) is 9.00 Å². The number of benzene rings is 2. The first-order valence-electron chi connectivity index (χ1n) is 9.63. The van der Waals surface area contributed by atoms with Crippen molar-refractivity contribution in [3.8, 4) is 0 Å². The van der Waals surface area contributed by atoms with Gasteiger partial charge in [0.1, 0.15) is 16.7 Å². The van der Waals surface area contributed by atoms with Crippen molar-refractivity contribution in [3.05, 3.63) is 78.6 Å². The van der Waals surface area contributed by atoms with E-state index in [4.69, 9.17) is 4.74 Å². The highest BCUT2D eigenvalue weighted by Gasteiger charge is 2.12. The molecule has 3 aromatic rings. The second kappa shape index (κ2) is 9.51. The Hall–Kier alpha value is -3.23. The zero-order valence-corrected chi connectivity index (χ0v) is 17.1. The lowest BCUT2D eigenvalue weighted by molar-refractivity contribution is 0.102. The number of carbonyl (C=O) groups excluding carboxylic acids is 1. The summed E-state index contributed by atoms with van der Waals surface area (Å²) >= 11 is 0. The minimum absolute atomic E-state index is 0.289. The van der Waals surface area contributed by atoms with Crippen molar-refractivity contribution in [2.45, 2.75) is 4.90 Å². The minimum atomic E-state index is -1.41. The molecule has 1 amide bonds. The molecule has 1 aromatic heterocycles. The Balaban J connectivity index is 1.35. The Morgan fingerprint density at radius 3 is 2.30 bits per heavy atom. The van der Waals surface area contributed by atoms with Crippen LogP contribution in [0.5, 0.6) is 0 Å². The third kappa shape index (κ3) is 5.03. The second-order valence-electron chi connectivity index (χ2n) is 6.71. The standard InChI is InChI=1S/C22H22N4O3S/c27-22(21-3-1-2-12-23-21)24-17-6-10-20(11-7-17)30(28)25-18-4-8-19(9-5-18)26-13-15-29-16-14-26/h1-12,25H,13-16H2,(H,24,27). The van der Waals surface area contributed by atoms with Gasteiger partial charge in [-0.2, -0.15) is 0 Å². The smallest absolute Gasteiger partial charge is 0.274 e. The molecule has 1 unspecified atom stereocenters. The van der Waals surface area contributed by atoms with Crippen molar-refractivity contribution in [2.24, 2.45) is 0 Å². The number of nitrogens with zero attached hydrogens (tertiary/aromatic N) is 2. The third-order valence-corrected chi connectivity index (χ3v) is 5.80. The van der Waals surface area contributed by atoms with Gasteiger partial charge in [0.2, 0.25) is 0 Å². The fourth-order valence-corrected chi connectivity index (χ4v) is 3.93. The Morgan fingerprint density at radius 1 is 0.933 bits per heavy atom. The number of rotatable bonds is 6. The highest BCUT2D eigenvalue weighted by atomic mass is 32.2. The van der Waals surface area contributed by atoms with Crippen molar-refractivity contribution in [1.29, 1.82) is 0 Å². The van der Waals surface area contributed by atoms with E-state index >= 15 is 0 Å². The molecule has 30 heavy (non-hydrogen) atoms. The van der Waals surface area contributed by atoms with E-state index in [-0.39, 0.29) is 5.91 Å². The fraction of sp³-hybridized carbons (Fsp3) is 0.182. The summed E-state index contributed by atoms with van der Waals surface area (Å²) in [4.78, 5) is 19.1. The van der Waals surface area contributed by atoms with Crippen LogP contribution in [-0.4, -0.2) is 41.4 Å². The fourth-order valence-electron chi connectivity index (χ4n) is 3.08. The molecule has 1 atom stereocenters. The zero-order chi connectivity index (χ0) is 20.8. The number of nitrogens with one attached hydrogen (secondary N) is 2. The molecule has 0 saturated carbocycles. The van der Waals surface area contributed by atoms with Crippen LogP contribution < -0.4 is 14.9 Å². The SMILES string of the molecule is O=C(Nc1ccc(S(=O)Nc2ccc(N3CCOCC3)cc2)cc1)c1ccccn1. The maximum Gasteiger partial charge on any atom is 0.274 e. The van der Waals surface area contributed by atoms with Gasteiger partial charge in [-0.1, -0.05) is 6.07 Å². The Morgan fingerprint density at radius 2 is 1.63 bits per heavy atom. The highest BCUT2D eigenvalue weighted by Crippen LogP contribution is 2.21. The maximum absolute atomic E-state index is 12.6. The molecule has 4 rings (SSSR count). The largest absolute Gasteiger partial charge is 0.378 e. The van der Waals surface area contributed by atoms with Crippen LogP contribution in [0.2, 0.25) is 0 Å². The van der Waals surface area contributed by atoms with Gasteiger partial charge in [-0.05, 0) is 60.7 Å². The molecule has 7 nitrogen and oxygen atoms in total. The lowest BCUT2D eigenvalue weighted by atomic mass is 10.2. The van der Waals surface area contributed by atoms with E-state index < -0.39 is 11.0 Å². The van der Waals surface area contributed by atoms with Gasteiger partial charge in [-0.25, -0.2) is 4.21 Å². The van der Waals surface area contributed by atoms with Gasteiger partial charge in [-0.15, -0.1) is 0 Å². The second-order valence-corrected chi connectivity index (χ2v) is 7.92. The molecular formula is C22H22N4O3S. The van der Waals surface area contributed by atoms with Crippen LogP contribution >= 0.6 is 0 Å². The predicted molar refractivity (Wildman–Crippen MR) is 118 cm³/mol. The van der Waals surface area contributed by atoms with E-state index in [2.05, 4.69) is 19.9 Å². The predicted octanol–water partition coefficient (Wildman–Crippen LogP) is 3.31. The van der Waals surface area contributed by atoms with Crippen LogP contribution in [0, 0.1) is 0 Å². The number of hydrogen-bond acceptors (Lipinski definition) is 5. The van der Waals surface area contributed by atoms with Crippen LogP contribution in [0.15, 0.2) is 77.8 Å². The quantitative estimate of drug-likeness (QED) is 0.637. The number of ether oxygens (including phenoxy) is 1. The van der Waals surface area contributed by atoms with Gasteiger partial charge < -0.3 is 19.7 Å². The van der Waals surface area contributed by atoms with Crippen molar-refractivity contribution < 1.29 is 13.7 Å². The molecule has 1 aliphatic heterocycles.